The summed E-state index contributed by atoms with van der Waals surface area (Å²) in [6.07, 6.45) is 2.59. The number of hydrogen-bond donors (Lipinski definition) is 1. The van der Waals surface area contributed by atoms with Crippen LogP contribution in [0.3, 0.4) is 0 Å². The van der Waals surface area contributed by atoms with Crippen LogP contribution >= 0.6 is 11.6 Å². The van der Waals surface area contributed by atoms with Gasteiger partial charge >= 0.3 is 0 Å². The molecule has 26 heavy (non-hydrogen) atoms. The molecular formula is C21H26ClFN2O. The lowest BCUT2D eigenvalue weighted by Crippen LogP contribution is -2.37. The fraction of sp³-hybridized carbons (Fsp3) is 0.429. The van der Waals surface area contributed by atoms with Crippen LogP contribution < -0.4 is 10.1 Å². The largest absolute Gasteiger partial charge is 0.489 e. The van der Waals surface area contributed by atoms with Gasteiger partial charge in [0.1, 0.15) is 18.2 Å². The summed E-state index contributed by atoms with van der Waals surface area (Å²) in [5, 5.41) is 3.94. The van der Waals surface area contributed by atoms with Crippen LogP contribution in [0.5, 0.6) is 5.75 Å². The average molecular weight is 377 g/mol. The lowest BCUT2D eigenvalue weighted by atomic mass is 10.2. The fourth-order valence-corrected chi connectivity index (χ4v) is 3.67. The first-order valence-corrected chi connectivity index (χ1v) is 9.64. The monoisotopic (exact) mass is 376 g/mol. The van der Waals surface area contributed by atoms with Crippen LogP contribution in [0.15, 0.2) is 42.5 Å². The molecule has 1 aliphatic rings. The van der Waals surface area contributed by atoms with Crippen LogP contribution in [0.4, 0.5) is 4.39 Å². The van der Waals surface area contributed by atoms with Crippen molar-refractivity contribution in [2.75, 3.05) is 19.6 Å². The molecule has 5 heteroatoms. The molecular weight excluding hydrogens is 351 g/mol. The van der Waals surface area contributed by atoms with Gasteiger partial charge in [-0.15, -0.1) is 0 Å². The van der Waals surface area contributed by atoms with Gasteiger partial charge in [-0.1, -0.05) is 36.7 Å². The minimum absolute atomic E-state index is 0.123. The molecule has 0 amide bonds. The number of halogens is 2. The zero-order valence-corrected chi connectivity index (χ0v) is 15.9. The van der Waals surface area contributed by atoms with Gasteiger partial charge in [0.15, 0.2) is 0 Å². The lowest BCUT2D eigenvalue weighted by molar-refractivity contribution is 0.260. The molecule has 2 aromatic rings. The summed E-state index contributed by atoms with van der Waals surface area (Å²) in [4.78, 5) is 2.54. The highest BCUT2D eigenvalue weighted by atomic mass is 35.5. The number of likely N-dealkylation sites (tertiary alicyclic amines) is 1. The Morgan fingerprint density at radius 1 is 1.23 bits per heavy atom. The van der Waals surface area contributed by atoms with Crippen LogP contribution in [0.25, 0.3) is 0 Å². The molecule has 1 saturated heterocycles. The Balaban J connectivity index is 1.46. The van der Waals surface area contributed by atoms with E-state index in [-0.39, 0.29) is 12.4 Å². The Morgan fingerprint density at radius 3 is 2.77 bits per heavy atom. The van der Waals surface area contributed by atoms with Crippen LogP contribution in [0.2, 0.25) is 5.02 Å². The minimum atomic E-state index is -0.341. The van der Waals surface area contributed by atoms with Gasteiger partial charge in [-0.3, -0.25) is 4.90 Å². The molecule has 0 spiro atoms. The van der Waals surface area contributed by atoms with E-state index in [0.29, 0.717) is 22.4 Å². The number of nitrogens with zero attached hydrogens (tertiary/aromatic N) is 1. The van der Waals surface area contributed by atoms with Gasteiger partial charge in [-0.05, 0) is 55.8 Å². The first kappa shape index (κ1) is 19.2. The third-order valence-corrected chi connectivity index (χ3v) is 5.34. The third-order valence-electron chi connectivity index (χ3n) is 4.98. The van der Waals surface area contributed by atoms with Crippen molar-refractivity contribution >= 4 is 11.6 Å². The summed E-state index contributed by atoms with van der Waals surface area (Å²) >= 11 is 6.02. The molecule has 1 unspecified atom stereocenters. The van der Waals surface area contributed by atoms with Crippen LogP contribution in [-0.2, 0) is 13.2 Å². The van der Waals surface area contributed by atoms with E-state index >= 15 is 0 Å². The van der Waals surface area contributed by atoms with Crippen molar-refractivity contribution < 1.29 is 9.13 Å². The van der Waals surface area contributed by atoms with Crippen molar-refractivity contribution in [2.45, 2.75) is 39.0 Å². The number of likely N-dealkylation sites (N-methyl/N-ethyl adjacent to an activating group) is 1. The van der Waals surface area contributed by atoms with Gasteiger partial charge in [0.05, 0.1) is 5.02 Å². The van der Waals surface area contributed by atoms with E-state index in [1.54, 1.807) is 12.1 Å². The van der Waals surface area contributed by atoms with E-state index in [9.17, 15) is 4.39 Å². The molecule has 2 aromatic carbocycles. The molecule has 1 atom stereocenters. The molecule has 0 bridgehead atoms. The Labute approximate surface area is 160 Å². The average Bonchev–Trinajstić information content (AvgIpc) is 3.10. The molecule has 1 N–H and O–H groups in total. The molecule has 3 rings (SSSR count). The Kier molecular flexibility index (Phi) is 6.89. The number of nitrogens with one attached hydrogen (secondary N) is 1. The van der Waals surface area contributed by atoms with Gasteiger partial charge in [0.2, 0.25) is 0 Å². The van der Waals surface area contributed by atoms with Crippen LogP contribution in [0, 0.1) is 5.82 Å². The normalized spacial score (nSPS) is 17.6. The highest BCUT2D eigenvalue weighted by Gasteiger charge is 2.21. The number of rotatable bonds is 8. The zero-order chi connectivity index (χ0) is 18.4. The van der Waals surface area contributed by atoms with Gasteiger partial charge in [0.25, 0.3) is 0 Å². The van der Waals surface area contributed by atoms with E-state index < -0.39 is 0 Å². The molecule has 0 radical (unpaired) electrons. The molecule has 3 nitrogen and oxygen atoms in total. The SMILES string of the molecule is CCN1CCCC1CNCc1ccc(OCc2c(F)cccc2Cl)cc1. The molecule has 1 fully saturated rings. The Hall–Kier alpha value is -1.62. The quantitative estimate of drug-likeness (QED) is 0.726. The fourth-order valence-electron chi connectivity index (χ4n) is 3.46. The molecule has 1 aliphatic heterocycles. The second-order valence-electron chi connectivity index (χ2n) is 6.69. The molecule has 140 valence electrons. The van der Waals surface area contributed by atoms with E-state index in [4.69, 9.17) is 16.3 Å². The first-order valence-electron chi connectivity index (χ1n) is 9.26. The van der Waals surface area contributed by atoms with Crippen molar-refractivity contribution in [1.82, 2.24) is 10.2 Å². The predicted octanol–water partition coefficient (Wildman–Crippen LogP) is 4.63. The summed E-state index contributed by atoms with van der Waals surface area (Å²) < 4.78 is 19.4. The van der Waals surface area contributed by atoms with Crippen molar-refractivity contribution in [3.63, 3.8) is 0 Å². The zero-order valence-electron chi connectivity index (χ0n) is 15.2. The van der Waals surface area contributed by atoms with Crippen LogP contribution in [-0.4, -0.2) is 30.6 Å². The van der Waals surface area contributed by atoms with Gasteiger partial charge < -0.3 is 10.1 Å². The van der Waals surface area contributed by atoms with E-state index in [1.807, 2.05) is 24.3 Å². The van der Waals surface area contributed by atoms with Crippen LogP contribution in [0.1, 0.15) is 30.9 Å². The summed E-state index contributed by atoms with van der Waals surface area (Å²) in [7, 11) is 0. The number of benzene rings is 2. The van der Waals surface area contributed by atoms with Gasteiger partial charge in [-0.25, -0.2) is 4.39 Å². The minimum Gasteiger partial charge on any atom is -0.489 e. The Morgan fingerprint density at radius 2 is 2.04 bits per heavy atom. The highest BCUT2D eigenvalue weighted by molar-refractivity contribution is 6.31. The van der Waals surface area contributed by atoms with E-state index in [0.717, 1.165) is 19.6 Å². The van der Waals surface area contributed by atoms with E-state index in [1.165, 1.54) is 31.0 Å². The second kappa shape index (κ2) is 9.36. The summed E-state index contributed by atoms with van der Waals surface area (Å²) in [6.45, 7) is 6.57. The molecule has 0 aliphatic carbocycles. The first-order chi connectivity index (χ1) is 12.7. The molecule has 0 aromatic heterocycles. The highest BCUT2D eigenvalue weighted by Crippen LogP contribution is 2.22. The smallest absolute Gasteiger partial charge is 0.131 e. The number of ether oxygens (including phenoxy) is 1. The molecule has 1 heterocycles. The Bertz CT molecular complexity index is 687. The van der Waals surface area contributed by atoms with E-state index in [2.05, 4.69) is 17.1 Å². The van der Waals surface area contributed by atoms with Crippen molar-refractivity contribution in [3.8, 4) is 5.75 Å². The lowest BCUT2D eigenvalue weighted by Gasteiger charge is -2.23. The summed E-state index contributed by atoms with van der Waals surface area (Å²) in [6, 6.07) is 13.2. The maximum Gasteiger partial charge on any atom is 0.131 e. The van der Waals surface area contributed by atoms with Gasteiger partial charge in [0, 0.05) is 24.7 Å². The summed E-state index contributed by atoms with van der Waals surface area (Å²) in [5.74, 6) is 0.368. The van der Waals surface area contributed by atoms with Crippen molar-refractivity contribution in [1.29, 1.82) is 0 Å². The maximum absolute atomic E-state index is 13.8. The molecule has 0 saturated carbocycles. The van der Waals surface area contributed by atoms with Crippen molar-refractivity contribution in [2.24, 2.45) is 0 Å². The predicted molar refractivity (Wildman–Crippen MR) is 104 cm³/mol. The summed E-state index contributed by atoms with van der Waals surface area (Å²) in [5.41, 5.74) is 1.60. The maximum atomic E-state index is 13.8. The topological polar surface area (TPSA) is 24.5 Å². The third kappa shape index (κ3) is 4.97. The van der Waals surface area contributed by atoms with Crippen molar-refractivity contribution in [3.05, 3.63) is 64.4 Å². The second-order valence-corrected chi connectivity index (χ2v) is 7.10. The standard InChI is InChI=1S/C21H26ClFN2O/c1-2-25-12-4-5-17(25)14-24-13-16-8-10-18(11-9-16)26-15-19-20(22)6-3-7-21(19)23/h3,6-11,17,24H,2,4-5,12-15H2,1H3. The number of hydrogen-bond acceptors (Lipinski definition) is 3. The van der Waals surface area contributed by atoms with Gasteiger partial charge in [-0.2, -0.15) is 0 Å².